The number of ether oxygens (including phenoxy) is 2. The van der Waals surface area contributed by atoms with Gasteiger partial charge in [-0.1, -0.05) is 30.3 Å². The minimum atomic E-state index is -0.181. The molecule has 1 heterocycles. The first-order valence-corrected chi connectivity index (χ1v) is 5.04. The van der Waals surface area contributed by atoms with Crippen molar-refractivity contribution < 1.29 is 14.3 Å². The highest BCUT2D eigenvalue weighted by Crippen LogP contribution is 2.32. The second-order valence-electron chi connectivity index (χ2n) is 3.67. The Balaban J connectivity index is 2.10. The highest BCUT2D eigenvalue weighted by molar-refractivity contribution is 5.70. The molecule has 2 rings (SSSR count). The summed E-state index contributed by atoms with van der Waals surface area (Å²) in [6, 6.07) is 9.96. The van der Waals surface area contributed by atoms with Crippen molar-refractivity contribution >= 4 is 5.97 Å². The van der Waals surface area contributed by atoms with Crippen molar-refractivity contribution in [2.24, 2.45) is 0 Å². The Bertz CT molecular complexity index is 330. The van der Waals surface area contributed by atoms with Crippen LogP contribution in [0.2, 0.25) is 0 Å². The second-order valence-corrected chi connectivity index (χ2v) is 3.67. The van der Waals surface area contributed by atoms with Gasteiger partial charge in [-0.3, -0.25) is 4.79 Å². The molecule has 1 aliphatic rings. The van der Waals surface area contributed by atoms with Crippen LogP contribution in [0.3, 0.4) is 0 Å². The maximum absolute atomic E-state index is 11.2. The smallest absolute Gasteiger partial charge is 0.306 e. The lowest BCUT2D eigenvalue weighted by Crippen LogP contribution is -2.13. The van der Waals surface area contributed by atoms with Gasteiger partial charge >= 0.3 is 5.97 Å². The summed E-state index contributed by atoms with van der Waals surface area (Å²) in [4.78, 5) is 11.2. The van der Waals surface area contributed by atoms with E-state index >= 15 is 0 Å². The molecule has 15 heavy (non-hydrogen) atoms. The number of methoxy groups -OCH3 is 1. The van der Waals surface area contributed by atoms with Gasteiger partial charge in [0.05, 0.1) is 26.2 Å². The molecule has 1 fully saturated rings. The summed E-state index contributed by atoms with van der Waals surface area (Å²) < 4.78 is 9.95. The van der Waals surface area contributed by atoms with Crippen LogP contribution in [-0.4, -0.2) is 25.8 Å². The molecule has 0 N–H and O–H groups in total. The molecule has 3 nitrogen and oxygen atoms in total. The summed E-state index contributed by atoms with van der Waals surface area (Å²) in [5.74, 6) is -0.0435. The number of benzene rings is 1. The molecule has 1 saturated heterocycles. The van der Waals surface area contributed by atoms with Crippen LogP contribution in [0, 0.1) is 0 Å². The van der Waals surface area contributed by atoms with Crippen molar-refractivity contribution in [1.82, 2.24) is 0 Å². The summed E-state index contributed by atoms with van der Waals surface area (Å²) in [5, 5.41) is 0. The van der Waals surface area contributed by atoms with E-state index in [1.54, 1.807) is 0 Å². The highest BCUT2D eigenvalue weighted by atomic mass is 16.6. The van der Waals surface area contributed by atoms with Gasteiger partial charge in [0.2, 0.25) is 0 Å². The van der Waals surface area contributed by atoms with Crippen LogP contribution >= 0.6 is 0 Å². The monoisotopic (exact) mass is 206 g/mol. The van der Waals surface area contributed by atoms with E-state index in [1.165, 1.54) is 7.11 Å². The van der Waals surface area contributed by atoms with Crippen molar-refractivity contribution in [2.75, 3.05) is 13.7 Å². The summed E-state index contributed by atoms with van der Waals surface area (Å²) >= 11 is 0. The van der Waals surface area contributed by atoms with Crippen LogP contribution in [0.25, 0.3) is 0 Å². The molecule has 1 aromatic carbocycles. The van der Waals surface area contributed by atoms with Gasteiger partial charge in [-0.25, -0.2) is 0 Å². The van der Waals surface area contributed by atoms with Crippen LogP contribution in [0.15, 0.2) is 30.3 Å². The Hall–Kier alpha value is -1.35. The fraction of sp³-hybridized carbons (Fsp3) is 0.417. The minimum absolute atomic E-state index is 0.138. The third-order valence-corrected chi connectivity index (χ3v) is 2.65. The zero-order valence-corrected chi connectivity index (χ0v) is 8.68. The summed E-state index contributed by atoms with van der Waals surface area (Å²) in [7, 11) is 1.41. The number of hydrogen-bond donors (Lipinski definition) is 0. The largest absolute Gasteiger partial charge is 0.469 e. The molecule has 0 unspecified atom stereocenters. The predicted molar refractivity (Wildman–Crippen MR) is 55.6 cm³/mol. The molecule has 2 atom stereocenters. The fourth-order valence-electron chi connectivity index (χ4n) is 1.71. The van der Waals surface area contributed by atoms with E-state index in [4.69, 9.17) is 4.74 Å². The Morgan fingerprint density at radius 1 is 1.53 bits per heavy atom. The van der Waals surface area contributed by atoms with E-state index in [0.717, 1.165) is 12.2 Å². The van der Waals surface area contributed by atoms with E-state index < -0.39 is 0 Å². The van der Waals surface area contributed by atoms with Crippen LogP contribution < -0.4 is 0 Å². The number of carbonyl (C=O) groups is 1. The minimum Gasteiger partial charge on any atom is -0.469 e. The van der Waals surface area contributed by atoms with E-state index in [1.807, 2.05) is 30.3 Å². The summed E-state index contributed by atoms with van der Waals surface area (Å²) in [6.07, 6.45) is 0.581. The maximum Gasteiger partial charge on any atom is 0.306 e. The Kier molecular flexibility index (Phi) is 3.02. The summed E-state index contributed by atoms with van der Waals surface area (Å²) in [5.41, 5.74) is 1.14. The number of carbonyl (C=O) groups excluding carboxylic acids is 1. The van der Waals surface area contributed by atoms with Crippen molar-refractivity contribution in [3.8, 4) is 0 Å². The van der Waals surface area contributed by atoms with Crippen molar-refractivity contribution in [1.29, 1.82) is 0 Å². The van der Waals surface area contributed by atoms with Gasteiger partial charge in [-0.15, -0.1) is 0 Å². The molecule has 0 saturated carbocycles. The molecule has 1 aromatic rings. The van der Waals surface area contributed by atoms with E-state index in [-0.39, 0.29) is 18.0 Å². The third kappa shape index (κ3) is 2.57. The molecule has 0 radical (unpaired) electrons. The first-order chi connectivity index (χ1) is 7.31. The molecule has 3 heteroatoms. The number of epoxide rings is 1. The molecule has 80 valence electrons. The van der Waals surface area contributed by atoms with Crippen molar-refractivity contribution in [2.45, 2.75) is 18.4 Å². The van der Waals surface area contributed by atoms with Crippen molar-refractivity contribution in [3.05, 3.63) is 35.9 Å². The van der Waals surface area contributed by atoms with Gasteiger partial charge < -0.3 is 9.47 Å². The third-order valence-electron chi connectivity index (χ3n) is 2.65. The quantitative estimate of drug-likeness (QED) is 0.556. The molecular weight excluding hydrogens is 192 g/mol. The SMILES string of the molecule is COC(=O)C[C@H](c1ccccc1)[C@H]1CO1. The number of rotatable bonds is 4. The zero-order chi connectivity index (χ0) is 10.7. The van der Waals surface area contributed by atoms with Crippen LogP contribution in [0.5, 0.6) is 0 Å². The topological polar surface area (TPSA) is 38.8 Å². The van der Waals surface area contributed by atoms with Crippen LogP contribution in [-0.2, 0) is 14.3 Å². The van der Waals surface area contributed by atoms with Gasteiger partial charge in [0.25, 0.3) is 0 Å². The molecular formula is C12H14O3. The average Bonchev–Trinajstić information content (AvgIpc) is 3.10. The van der Waals surface area contributed by atoms with Gasteiger partial charge in [0, 0.05) is 5.92 Å². The predicted octanol–water partition coefficient (Wildman–Crippen LogP) is 1.73. The lowest BCUT2D eigenvalue weighted by atomic mass is 9.93. The molecule has 0 amide bonds. The zero-order valence-electron chi connectivity index (χ0n) is 8.68. The van der Waals surface area contributed by atoms with E-state index in [0.29, 0.717) is 6.42 Å². The number of hydrogen-bond acceptors (Lipinski definition) is 3. The molecule has 0 spiro atoms. The molecule has 0 bridgehead atoms. The van der Waals surface area contributed by atoms with Gasteiger partial charge in [0.15, 0.2) is 0 Å². The van der Waals surface area contributed by atoms with Crippen LogP contribution in [0.4, 0.5) is 0 Å². The standard InChI is InChI=1S/C12H14O3/c1-14-12(13)7-10(11-8-15-11)9-5-3-2-4-6-9/h2-6,10-11H,7-8H2,1H3/t10-,11-/m1/s1. The Labute approximate surface area is 89.0 Å². The number of esters is 1. The van der Waals surface area contributed by atoms with E-state index in [9.17, 15) is 4.79 Å². The second kappa shape index (κ2) is 4.45. The average molecular weight is 206 g/mol. The first-order valence-electron chi connectivity index (χ1n) is 5.04. The molecule has 0 aromatic heterocycles. The van der Waals surface area contributed by atoms with E-state index in [2.05, 4.69) is 4.74 Å². The summed E-state index contributed by atoms with van der Waals surface area (Å²) in [6.45, 7) is 0.747. The normalized spacial score (nSPS) is 20.7. The van der Waals surface area contributed by atoms with Gasteiger partial charge in [0.1, 0.15) is 0 Å². The van der Waals surface area contributed by atoms with Crippen LogP contribution in [0.1, 0.15) is 17.9 Å². The van der Waals surface area contributed by atoms with Crippen molar-refractivity contribution in [3.63, 3.8) is 0 Å². The van der Waals surface area contributed by atoms with Gasteiger partial charge in [-0.2, -0.15) is 0 Å². The fourth-order valence-corrected chi connectivity index (χ4v) is 1.71. The Morgan fingerprint density at radius 2 is 2.20 bits per heavy atom. The lowest BCUT2D eigenvalue weighted by molar-refractivity contribution is -0.141. The Morgan fingerprint density at radius 3 is 2.73 bits per heavy atom. The van der Waals surface area contributed by atoms with Gasteiger partial charge in [-0.05, 0) is 5.56 Å². The maximum atomic E-state index is 11.2. The molecule has 1 aliphatic heterocycles. The highest BCUT2D eigenvalue weighted by Gasteiger charge is 2.35. The molecule has 0 aliphatic carbocycles. The lowest BCUT2D eigenvalue weighted by Gasteiger charge is -2.13. The first kappa shape index (κ1) is 10.2.